The number of benzene rings is 1. The van der Waals surface area contributed by atoms with Crippen molar-refractivity contribution in [2.24, 2.45) is 4.99 Å². The normalized spacial score (nSPS) is 18.2. The van der Waals surface area contributed by atoms with Crippen molar-refractivity contribution < 1.29 is 9.15 Å². The van der Waals surface area contributed by atoms with Crippen molar-refractivity contribution in [1.29, 1.82) is 0 Å². The highest BCUT2D eigenvalue weighted by Gasteiger charge is 2.19. The van der Waals surface area contributed by atoms with Crippen molar-refractivity contribution in [2.45, 2.75) is 39.3 Å². The summed E-state index contributed by atoms with van der Waals surface area (Å²) in [6.45, 7) is 5.91. The first-order chi connectivity index (χ1) is 12.2. The molecule has 1 aliphatic rings. The van der Waals surface area contributed by atoms with Crippen LogP contribution in [-0.2, 0) is 11.3 Å². The van der Waals surface area contributed by atoms with Crippen LogP contribution in [0.3, 0.4) is 0 Å². The van der Waals surface area contributed by atoms with E-state index >= 15 is 0 Å². The average Bonchev–Trinajstić information content (AvgIpc) is 3.34. The van der Waals surface area contributed by atoms with Gasteiger partial charge in [-0.25, -0.2) is 4.99 Å². The van der Waals surface area contributed by atoms with Crippen molar-refractivity contribution in [3.05, 3.63) is 57.9 Å². The number of hydrogen-bond donors (Lipinski definition) is 0. The first kappa shape index (κ1) is 16.4. The Morgan fingerprint density at radius 3 is 2.88 bits per heavy atom. The van der Waals surface area contributed by atoms with Crippen LogP contribution in [0, 0.1) is 13.8 Å². The smallest absolute Gasteiger partial charge is 0.190 e. The van der Waals surface area contributed by atoms with E-state index in [9.17, 15) is 0 Å². The highest BCUT2D eigenvalue weighted by Crippen LogP contribution is 2.24. The van der Waals surface area contributed by atoms with Crippen molar-refractivity contribution in [2.75, 3.05) is 6.61 Å². The second-order valence-corrected chi connectivity index (χ2v) is 7.34. The van der Waals surface area contributed by atoms with Crippen LogP contribution in [0.4, 0.5) is 5.69 Å². The second kappa shape index (κ2) is 7.02. The van der Waals surface area contributed by atoms with Crippen LogP contribution in [0.25, 0.3) is 11.5 Å². The summed E-state index contributed by atoms with van der Waals surface area (Å²) in [6, 6.07) is 10.3. The molecule has 1 saturated heterocycles. The van der Waals surface area contributed by atoms with E-state index in [0.29, 0.717) is 0 Å². The van der Waals surface area contributed by atoms with Crippen LogP contribution in [0.1, 0.15) is 24.0 Å². The zero-order valence-electron chi connectivity index (χ0n) is 14.6. The Bertz CT molecular complexity index is 916. The molecule has 3 aromatic rings. The predicted molar refractivity (Wildman–Crippen MR) is 100 cm³/mol. The molecular formula is C20H22N2O2S. The first-order valence-corrected chi connectivity index (χ1v) is 9.54. The van der Waals surface area contributed by atoms with Crippen LogP contribution in [0.2, 0.25) is 0 Å². The SMILES string of the molecule is Cc1ccc(N=c2scc(-c3ccco3)n2CC2CCCO2)cc1C. The molecular weight excluding hydrogens is 332 g/mol. The highest BCUT2D eigenvalue weighted by molar-refractivity contribution is 7.07. The molecule has 0 saturated carbocycles. The molecule has 0 spiro atoms. The zero-order valence-corrected chi connectivity index (χ0v) is 15.4. The first-order valence-electron chi connectivity index (χ1n) is 8.66. The standard InChI is InChI=1S/C20H22N2O2S/c1-14-7-8-16(11-15(14)2)21-20-22(12-17-5-3-9-23-17)18(13-25-20)19-6-4-10-24-19/h4,6-8,10-11,13,17H,3,5,9,12H2,1-2H3. The Hall–Kier alpha value is -2.11. The molecule has 1 aliphatic heterocycles. The Kier molecular flexibility index (Phi) is 4.59. The fourth-order valence-corrected chi connectivity index (χ4v) is 4.03. The van der Waals surface area contributed by atoms with Gasteiger partial charge >= 0.3 is 0 Å². The lowest BCUT2D eigenvalue weighted by Crippen LogP contribution is -2.23. The summed E-state index contributed by atoms with van der Waals surface area (Å²) in [7, 11) is 0. The molecule has 0 amide bonds. The number of furan rings is 1. The van der Waals surface area contributed by atoms with E-state index in [1.165, 1.54) is 11.1 Å². The third-order valence-corrected chi connectivity index (χ3v) is 5.56. The maximum Gasteiger partial charge on any atom is 0.190 e. The number of aryl methyl sites for hydroxylation is 2. The third kappa shape index (κ3) is 3.48. The maximum atomic E-state index is 5.85. The van der Waals surface area contributed by atoms with Crippen molar-refractivity contribution in [3.8, 4) is 11.5 Å². The monoisotopic (exact) mass is 354 g/mol. The molecule has 0 radical (unpaired) electrons. The molecule has 0 bridgehead atoms. The van der Waals surface area contributed by atoms with Crippen molar-refractivity contribution >= 4 is 17.0 Å². The molecule has 3 heterocycles. The summed E-state index contributed by atoms with van der Waals surface area (Å²) in [5.74, 6) is 0.871. The minimum Gasteiger partial charge on any atom is -0.463 e. The lowest BCUT2D eigenvalue weighted by Gasteiger charge is -2.13. The number of thiazole rings is 1. The van der Waals surface area contributed by atoms with E-state index in [0.717, 1.165) is 47.9 Å². The van der Waals surface area contributed by atoms with Gasteiger partial charge < -0.3 is 13.7 Å². The van der Waals surface area contributed by atoms with Gasteiger partial charge in [-0.2, -0.15) is 0 Å². The van der Waals surface area contributed by atoms with Crippen LogP contribution >= 0.6 is 11.3 Å². The molecule has 1 fully saturated rings. The summed E-state index contributed by atoms with van der Waals surface area (Å²) < 4.78 is 13.7. The van der Waals surface area contributed by atoms with Gasteiger partial charge in [-0.05, 0) is 62.1 Å². The lowest BCUT2D eigenvalue weighted by atomic mass is 10.1. The quantitative estimate of drug-likeness (QED) is 0.673. The molecule has 4 rings (SSSR count). The Balaban J connectivity index is 1.78. The van der Waals surface area contributed by atoms with Gasteiger partial charge in [0, 0.05) is 12.0 Å². The Morgan fingerprint density at radius 2 is 2.16 bits per heavy atom. The number of ether oxygens (including phenoxy) is 1. The molecule has 1 aromatic carbocycles. The Morgan fingerprint density at radius 1 is 1.24 bits per heavy atom. The van der Waals surface area contributed by atoms with Gasteiger partial charge in [0.25, 0.3) is 0 Å². The van der Waals surface area contributed by atoms with Crippen LogP contribution in [-0.4, -0.2) is 17.3 Å². The molecule has 130 valence electrons. The molecule has 1 atom stereocenters. The largest absolute Gasteiger partial charge is 0.463 e. The molecule has 1 unspecified atom stereocenters. The summed E-state index contributed by atoms with van der Waals surface area (Å²) in [5, 5.41) is 2.12. The van der Waals surface area contributed by atoms with Gasteiger partial charge in [0.15, 0.2) is 10.6 Å². The topological polar surface area (TPSA) is 39.7 Å². The maximum absolute atomic E-state index is 5.85. The third-order valence-electron chi connectivity index (χ3n) is 4.70. The zero-order chi connectivity index (χ0) is 17.2. The van der Waals surface area contributed by atoms with Gasteiger partial charge in [0.2, 0.25) is 0 Å². The lowest BCUT2D eigenvalue weighted by molar-refractivity contribution is 0.0967. The summed E-state index contributed by atoms with van der Waals surface area (Å²) in [5.41, 5.74) is 4.59. The van der Waals surface area contributed by atoms with Crippen LogP contribution in [0.15, 0.2) is 51.4 Å². The minimum atomic E-state index is 0.252. The fraction of sp³-hybridized carbons (Fsp3) is 0.350. The number of rotatable bonds is 4. The van der Waals surface area contributed by atoms with E-state index in [1.807, 2.05) is 12.1 Å². The van der Waals surface area contributed by atoms with Gasteiger partial charge in [0.1, 0.15) is 0 Å². The summed E-state index contributed by atoms with van der Waals surface area (Å²) in [6.07, 6.45) is 4.20. The van der Waals surface area contributed by atoms with Crippen molar-refractivity contribution in [1.82, 2.24) is 4.57 Å². The summed E-state index contributed by atoms with van der Waals surface area (Å²) in [4.78, 5) is 5.88. The van der Waals surface area contributed by atoms with Crippen LogP contribution < -0.4 is 4.80 Å². The van der Waals surface area contributed by atoms with E-state index in [-0.39, 0.29) is 6.10 Å². The van der Waals surface area contributed by atoms with E-state index in [1.54, 1.807) is 17.6 Å². The van der Waals surface area contributed by atoms with E-state index in [2.05, 4.69) is 42.0 Å². The van der Waals surface area contributed by atoms with E-state index in [4.69, 9.17) is 14.1 Å². The molecule has 4 nitrogen and oxygen atoms in total. The number of aromatic nitrogens is 1. The van der Waals surface area contributed by atoms with Gasteiger partial charge in [0.05, 0.1) is 30.3 Å². The fourth-order valence-electron chi connectivity index (χ4n) is 3.11. The summed E-state index contributed by atoms with van der Waals surface area (Å²) >= 11 is 1.64. The van der Waals surface area contributed by atoms with Gasteiger partial charge in [-0.1, -0.05) is 6.07 Å². The molecule has 0 aliphatic carbocycles. The van der Waals surface area contributed by atoms with Crippen LogP contribution in [0.5, 0.6) is 0 Å². The highest BCUT2D eigenvalue weighted by atomic mass is 32.1. The minimum absolute atomic E-state index is 0.252. The van der Waals surface area contributed by atoms with Gasteiger partial charge in [-0.3, -0.25) is 0 Å². The predicted octanol–water partition coefficient (Wildman–Crippen LogP) is 4.84. The average molecular weight is 354 g/mol. The van der Waals surface area contributed by atoms with Crippen molar-refractivity contribution in [3.63, 3.8) is 0 Å². The number of nitrogens with zero attached hydrogens (tertiary/aromatic N) is 2. The number of hydrogen-bond acceptors (Lipinski definition) is 4. The Labute approximate surface area is 151 Å². The molecule has 25 heavy (non-hydrogen) atoms. The van der Waals surface area contributed by atoms with Gasteiger partial charge in [-0.15, -0.1) is 11.3 Å². The second-order valence-electron chi connectivity index (χ2n) is 6.51. The molecule has 5 heteroatoms. The molecule has 0 N–H and O–H groups in total. The van der Waals surface area contributed by atoms with E-state index < -0.39 is 0 Å². The molecule has 2 aromatic heterocycles.